The van der Waals surface area contributed by atoms with Crippen molar-refractivity contribution in [2.45, 2.75) is 38.6 Å². The van der Waals surface area contributed by atoms with Crippen LogP contribution in [0.1, 0.15) is 42.1 Å². The van der Waals surface area contributed by atoms with Crippen LogP contribution in [-0.2, 0) is 11.2 Å². The lowest BCUT2D eigenvalue weighted by Gasteiger charge is -2.09. The highest BCUT2D eigenvalue weighted by molar-refractivity contribution is 6.09. The Kier molecular flexibility index (Phi) is 5.46. The van der Waals surface area contributed by atoms with Gasteiger partial charge >= 0.3 is 5.97 Å². The Morgan fingerprint density at radius 3 is 2.67 bits per heavy atom. The summed E-state index contributed by atoms with van der Waals surface area (Å²) in [6, 6.07) is 3.83. The molecule has 0 spiro atoms. The van der Waals surface area contributed by atoms with Crippen molar-refractivity contribution in [3.63, 3.8) is 0 Å². The fourth-order valence-corrected chi connectivity index (χ4v) is 2.79. The molecule has 0 saturated heterocycles. The van der Waals surface area contributed by atoms with E-state index in [0.29, 0.717) is 28.5 Å². The molecule has 0 radical (unpaired) electrons. The Labute approximate surface area is 139 Å². The van der Waals surface area contributed by atoms with Crippen LogP contribution in [0.2, 0.25) is 0 Å². The molecule has 1 atom stereocenters. The van der Waals surface area contributed by atoms with Crippen molar-refractivity contribution in [3.05, 3.63) is 29.3 Å². The number of rotatable bonds is 8. The Morgan fingerprint density at radius 1 is 1.38 bits per heavy atom. The van der Waals surface area contributed by atoms with Crippen LogP contribution >= 0.6 is 0 Å². The Hall–Kier alpha value is -2.54. The number of carbonyl (C=O) groups excluding carboxylic acids is 1. The number of benzene rings is 1. The number of carboxylic acid groups (broad SMARTS) is 1. The van der Waals surface area contributed by atoms with Crippen LogP contribution in [0, 0.1) is 0 Å². The molecule has 0 fully saturated rings. The van der Waals surface area contributed by atoms with Crippen LogP contribution in [0.15, 0.2) is 18.2 Å². The van der Waals surface area contributed by atoms with Gasteiger partial charge in [-0.25, -0.2) is 0 Å². The van der Waals surface area contributed by atoms with E-state index < -0.39 is 12.0 Å². The molecule has 0 aliphatic rings. The van der Waals surface area contributed by atoms with Crippen molar-refractivity contribution in [2.75, 3.05) is 7.11 Å². The first-order valence-corrected chi connectivity index (χ1v) is 7.83. The van der Waals surface area contributed by atoms with Crippen molar-refractivity contribution in [3.8, 4) is 5.88 Å². The maximum absolute atomic E-state index is 12.5. The molecule has 4 N–H and O–H groups in total. The van der Waals surface area contributed by atoms with E-state index in [9.17, 15) is 14.8 Å². The van der Waals surface area contributed by atoms with Crippen molar-refractivity contribution in [2.24, 2.45) is 5.73 Å². The minimum Gasteiger partial charge on any atom is -0.480 e. The fourth-order valence-electron chi connectivity index (χ4n) is 2.79. The second kappa shape index (κ2) is 7.35. The maximum Gasteiger partial charge on any atom is 0.320 e. The number of aliphatic carboxylic acids is 1. The van der Waals surface area contributed by atoms with E-state index in [4.69, 9.17) is 15.6 Å². The number of ether oxygens (including phenoxy) is 1. The lowest BCUT2D eigenvalue weighted by molar-refractivity contribution is -0.138. The molecule has 1 aromatic heterocycles. The number of Topliss-reactive ketones (excluding diaryl/α,β-unsaturated/α-hetero) is 1. The molecule has 2 rings (SSSR count). The standard InChI is InChI=1S/C17H22N2O5/c1-3-4-8-14(20)10-6-5-7-13-15(10)11(9-12(18)17(21)22)16(24-2)19(13)23/h5-7,12,23H,3-4,8-9,18H2,1-2H3,(H,21,22). The number of hydrogen-bond donors (Lipinski definition) is 3. The molecule has 0 saturated carbocycles. The first-order valence-electron chi connectivity index (χ1n) is 7.83. The zero-order valence-electron chi connectivity index (χ0n) is 13.8. The van der Waals surface area contributed by atoms with Crippen LogP contribution in [-0.4, -0.2) is 39.9 Å². The molecule has 7 heteroatoms. The molecule has 0 aliphatic heterocycles. The van der Waals surface area contributed by atoms with E-state index >= 15 is 0 Å². The van der Waals surface area contributed by atoms with Crippen molar-refractivity contribution < 1.29 is 24.6 Å². The van der Waals surface area contributed by atoms with Gasteiger partial charge in [-0.2, -0.15) is 4.73 Å². The first kappa shape index (κ1) is 17.8. The summed E-state index contributed by atoms with van der Waals surface area (Å²) in [7, 11) is 1.37. The molecule has 7 nitrogen and oxygen atoms in total. The van der Waals surface area contributed by atoms with Crippen LogP contribution in [0.5, 0.6) is 5.88 Å². The van der Waals surface area contributed by atoms with E-state index in [0.717, 1.165) is 17.6 Å². The highest BCUT2D eigenvalue weighted by atomic mass is 16.5. The third kappa shape index (κ3) is 3.21. The number of ketones is 1. The SMILES string of the molecule is CCCCC(=O)c1cccc2c1c(CC(N)C(=O)O)c(OC)n2O. The van der Waals surface area contributed by atoms with Gasteiger partial charge in [0.15, 0.2) is 5.78 Å². The van der Waals surface area contributed by atoms with Crippen LogP contribution < -0.4 is 10.5 Å². The summed E-state index contributed by atoms with van der Waals surface area (Å²) >= 11 is 0. The van der Waals surface area contributed by atoms with Gasteiger partial charge < -0.3 is 20.8 Å². The van der Waals surface area contributed by atoms with E-state index in [1.54, 1.807) is 18.2 Å². The predicted molar refractivity (Wildman–Crippen MR) is 88.8 cm³/mol. The normalized spacial score (nSPS) is 12.3. The molecular weight excluding hydrogens is 312 g/mol. The molecule has 0 amide bonds. The molecule has 1 unspecified atom stereocenters. The second-order valence-electron chi connectivity index (χ2n) is 5.67. The summed E-state index contributed by atoms with van der Waals surface area (Å²) in [4.78, 5) is 23.6. The van der Waals surface area contributed by atoms with Crippen LogP contribution in [0.25, 0.3) is 10.9 Å². The van der Waals surface area contributed by atoms with E-state index in [2.05, 4.69) is 0 Å². The number of carboxylic acids is 1. The molecular formula is C17H22N2O5. The van der Waals surface area contributed by atoms with Gasteiger partial charge in [0.2, 0.25) is 5.88 Å². The number of aromatic nitrogens is 1. The summed E-state index contributed by atoms with van der Waals surface area (Å²) in [5.41, 5.74) is 6.90. The molecule has 0 bridgehead atoms. The second-order valence-corrected chi connectivity index (χ2v) is 5.67. The lowest BCUT2D eigenvalue weighted by Crippen LogP contribution is -2.32. The topological polar surface area (TPSA) is 115 Å². The minimum absolute atomic E-state index is 0.0548. The minimum atomic E-state index is -1.16. The van der Waals surface area contributed by atoms with Crippen molar-refractivity contribution in [1.29, 1.82) is 0 Å². The quantitative estimate of drug-likeness (QED) is 0.504. The number of fused-ring (bicyclic) bond motifs is 1. The molecule has 130 valence electrons. The van der Waals surface area contributed by atoms with Crippen molar-refractivity contribution in [1.82, 2.24) is 4.73 Å². The van der Waals surface area contributed by atoms with Gasteiger partial charge in [-0.1, -0.05) is 25.5 Å². The monoisotopic (exact) mass is 334 g/mol. The number of nitrogens with zero attached hydrogens (tertiary/aromatic N) is 1. The van der Waals surface area contributed by atoms with E-state index in [1.807, 2.05) is 6.92 Å². The third-order valence-electron chi connectivity index (χ3n) is 4.02. The summed E-state index contributed by atoms with van der Waals surface area (Å²) in [6.07, 6.45) is 1.98. The average Bonchev–Trinajstić information content (AvgIpc) is 2.84. The molecule has 1 aromatic carbocycles. The summed E-state index contributed by atoms with van der Waals surface area (Å²) < 4.78 is 6.04. The zero-order valence-corrected chi connectivity index (χ0v) is 13.8. The molecule has 24 heavy (non-hydrogen) atoms. The predicted octanol–water partition coefficient (Wildman–Crippen LogP) is 2.21. The van der Waals surface area contributed by atoms with Gasteiger partial charge in [-0.15, -0.1) is 0 Å². The van der Waals surface area contributed by atoms with Crippen molar-refractivity contribution >= 4 is 22.7 Å². The van der Waals surface area contributed by atoms with Crippen LogP contribution in [0.3, 0.4) is 0 Å². The largest absolute Gasteiger partial charge is 0.480 e. The summed E-state index contributed by atoms with van der Waals surface area (Å²) in [5, 5.41) is 19.9. The van der Waals surface area contributed by atoms with Gasteiger partial charge in [0.25, 0.3) is 0 Å². The van der Waals surface area contributed by atoms with Gasteiger partial charge in [-0.3, -0.25) is 9.59 Å². The number of carbonyl (C=O) groups is 2. The van der Waals surface area contributed by atoms with Gasteiger partial charge in [0.05, 0.1) is 12.6 Å². The number of methoxy groups -OCH3 is 1. The average molecular weight is 334 g/mol. The van der Waals surface area contributed by atoms with Crippen LogP contribution in [0.4, 0.5) is 0 Å². The summed E-state index contributed by atoms with van der Waals surface area (Å²) in [6.45, 7) is 2.00. The first-order chi connectivity index (χ1) is 11.4. The Balaban J connectivity index is 2.64. The highest BCUT2D eigenvalue weighted by Crippen LogP contribution is 2.34. The highest BCUT2D eigenvalue weighted by Gasteiger charge is 2.26. The summed E-state index contributed by atoms with van der Waals surface area (Å²) in [5.74, 6) is -1.12. The van der Waals surface area contributed by atoms with Gasteiger partial charge in [0, 0.05) is 29.4 Å². The molecule has 2 aromatic rings. The fraction of sp³-hybridized carbons (Fsp3) is 0.412. The maximum atomic E-state index is 12.5. The zero-order chi connectivity index (χ0) is 17.9. The van der Waals surface area contributed by atoms with Gasteiger partial charge in [0.1, 0.15) is 6.04 Å². The Bertz CT molecular complexity index is 766. The molecule has 0 aliphatic carbocycles. The van der Waals surface area contributed by atoms with E-state index in [1.165, 1.54) is 7.11 Å². The third-order valence-corrected chi connectivity index (χ3v) is 4.02. The number of unbranched alkanes of at least 4 members (excludes halogenated alkanes) is 1. The molecule has 1 heterocycles. The smallest absolute Gasteiger partial charge is 0.320 e. The van der Waals surface area contributed by atoms with Gasteiger partial charge in [-0.05, 0) is 12.5 Å². The number of hydrogen-bond acceptors (Lipinski definition) is 5. The number of nitrogens with two attached hydrogens (primary N) is 1. The van der Waals surface area contributed by atoms with E-state index in [-0.39, 0.29) is 18.1 Å². The lowest BCUT2D eigenvalue weighted by atomic mass is 9.96. The Morgan fingerprint density at radius 2 is 2.08 bits per heavy atom.